The number of halogens is 2. The Hall–Kier alpha value is -4.29. The number of carbonyl (C=O) groups excluding carboxylic acids is 1. The molecule has 7 heterocycles. The Morgan fingerprint density at radius 1 is 0.737 bits per heavy atom. The summed E-state index contributed by atoms with van der Waals surface area (Å²) < 4.78 is 13.3. The van der Waals surface area contributed by atoms with Crippen molar-refractivity contribution in [3.8, 4) is 0 Å². The SMILES string of the molecule is CCN(CC)CC(=O)N1CCN(c2nc3c(oc4ccc(Br)cc43)c(=O)[nH]2)CC1.CN1CCC(N2CCN(c3nc4c(oc5ccc(Br)cc54)c(=O)[nH]3)CC2)CC1. The molecule has 0 saturated carbocycles. The summed E-state index contributed by atoms with van der Waals surface area (Å²) in [6.45, 7) is 14.9. The predicted molar refractivity (Wildman–Crippen MR) is 231 cm³/mol. The number of carbonyl (C=O) groups is 1. The molecule has 9 rings (SSSR count). The van der Waals surface area contributed by atoms with Gasteiger partial charge in [-0.3, -0.25) is 34.2 Å². The Kier molecular flexibility index (Phi) is 11.7. The average Bonchev–Trinajstić information content (AvgIpc) is 3.79. The fraction of sp³-hybridized carbons (Fsp3) is 0.475. The Bertz CT molecular complexity index is 2510. The van der Waals surface area contributed by atoms with Gasteiger partial charge in [-0.15, -0.1) is 0 Å². The number of rotatable bonds is 7. The maximum absolute atomic E-state index is 12.6. The van der Waals surface area contributed by atoms with Gasteiger partial charge in [0.25, 0.3) is 11.1 Å². The van der Waals surface area contributed by atoms with Crippen LogP contribution in [-0.2, 0) is 4.79 Å². The van der Waals surface area contributed by atoms with Crippen molar-refractivity contribution in [1.29, 1.82) is 0 Å². The minimum Gasteiger partial charge on any atom is -0.449 e. The number of furan rings is 2. The zero-order valence-electron chi connectivity index (χ0n) is 32.5. The fourth-order valence-electron chi connectivity index (χ4n) is 8.09. The number of benzene rings is 2. The number of likely N-dealkylation sites (tertiary alicyclic amines) is 1. The maximum Gasteiger partial charge on any atom is 0.296 e. The van der Waals surface area contributed by atoms with Crippen LogP contribution in [0.2, 0.25) is 0 Å². The number of fused-ring (bicyclic) bond motifs is 6. The Balaban J connectivity index is 0.000000160. The molecule has 0 radical (unpaired) electrons. The Morgan fingerprint density at radius 2 is 1.21 bits per heavy atom. The first-order valence-electron chi connectivity index (χ1n) is 19.7. The summed E-state index contributed by atoms with van der Waals surface area (Å²) in [5, 5.41) is 1.66. The maximum atomic E-state index is 12.6. The number of likely N-dealkylation sites (N-methyl/N-ethyl adjacent to an activating group) is 1. The molecule has 0 bridgehead atoms. The van der Waals surface area contributed by atoms with E-state index >= 15 is 0 Å². The van der Waals surface area contributed by atoms with E-state index in [0.29, 0.717) is 78.4 Å². The predicted octanol–water partition coefficient (Wildman–Crippen LogP) is 5.07. The van der Waals surface area contributed by atoms with Crippen molar-refractivity contribution in [3.63, 3.8) is 0 Å². The number of H-pyrrole nitrogens is 2. The zero-order chi connectivity index (χ0) is 39.8. The van der Waals surface area contributed by atoms with Crippen LogP contribution in [0.25, 0.3) is 44.1 Å². The van der Waals surface area contributed by atoms with E-state index in [1.807, 2.05) is 46.2 Å². The number of nitrogens with one attached hydrogen (secondary N) is 2. The number of hydrogen-bond donors (Lipinski definition) is 2. The molecule has 17 heteroatoms. The van der Waals surface area contributed by atoms with Crippen molar-refractivity contribution < 1.29 is 13.6 Å². The van der Waals surface area contributed by atoms with Gasteiger partial charge in [-0.2, -0.15) is 0 Å². The summed E-state index contributed by atoms with van der Waals surface area (Å²) in [5.74, 6) is 1.31. The number of amides is 1. The van der Waals surface area contributed by atoms with Gasteiger partial charge in [0.05, 0.1) is 6.54 Å². The number of aromatic amines is 2. The highest BCUT2D eigenvalue weighted by atomic mass is 79.9. The lowest BCUT2D eigenvalue weighted by Gasteiger charge is -2.42. The number of nitrogens with zero attached hydrogens (tertiary/aromatic N) is 8. The molecule has 6 aromatic rings. The normalized spacial score (nSPS) is 17.7. The van der Waals surface area contributed by atoms with Crippen molar-refractivity contribution in [2.24, 2.45) is 0 Å². The standard InChI is InChI=1S/C20H24BrN5O3.C20H24BrN5O2/c1-3-24(4-2)12-16(27)25-7-9-26(10-8-25)20-22-17-14-11-13(21)5-6-15(14)29-18(17)19(28)23-20;1-24-6-4-14(5-7-24)25-8-10-26(11-9-25)20-22-17-15-12-13(21)2-3-16(15)28-18(17)19(27)23-20/h5-6,11H,3-4,7-10,12H2,1-2H3,(H,22,23,28);2-3,12,14H,4-11H2,1H3,(H,22,23,27). The van der Waals surface area contributed by atoms with Crippen LogP contribution >= 0.6 is 31.9 Å². The highest BCUT2D eigenvalue weighted by molar-refractivity contribution is 9.10. The number of anilines is 2. The zero-order valence-corrected chi connectivity index (χ0v) is 35.7. The molecule has 3 aliphatic heterocycles. The molecule has 2 N–H and O–H groups in total. The molecule has 57 heavy (non-hydrogen) atoms. The van der Waals surface area contributed by atoms with Gasteiger partial charge in [0.15, 0.2) is 0 Å². The largest absolute Gasteiger partial charge is 0.449 e. The molecule has 3 saturated heterocycles. The Morgan fingerprint density at radius 3 is 1.68 bits per heavy atom. The van der Waals surface area contributed by atoms with E-state index in [2.05, 4.69) is 87.3 Å². The van der Waals surface area contributed by atoms with E-state index in [-0.39, 0.29) is 22.6 Å². The van der Waals surface area contributed by atoms with Crippen molar-refractivity contribution in [2.45, 2.75) is 32.7 Å². The molecule has 3 aliphatic rings. The summed E-state index contributed by atoms with van der Waals surface area (Å²) in [5.41, 5.74) is 2.51. The highest BCUT2D eigenvalue weighted by Gasteiger charge is 2.28. The number of hydrogen-bond acceptors (Lipinski definition) is 12. The third-order valence-corrected chi connectivity index (χ3v) is 12.5. The van der Waals surface area contributed by atoms with Crippen LogP contribution in [0.5, 0.6) is 0 Å². The summed E-state index contributed by atoms with van der Waals surface area (Å²) in [6, 6.07) is 12.0. The van der Waals surface area contributed by atoms with Gasteiger partial charge < -0.3 is 28.4 Å². The molecule has 302 valence electrons. The first-order valence-corrected chi connectivity index (χ1v) is 21.3. The fourth-order valence-corrected chi connectivity index (χ4v) is 8.81. The molecule has 1 amide bonds. The van der Waals surface area contributed by atoms with E-state index < -0.39 is 0 Å². The van der Waals surface area contributed by atoms with Crippen molar-refractivity contribution >= 4 is 93.8 Å². The van der Waals surface area contributed by atoms with E-state index in [1.165, 1.54) is 25.9 Å². The molecule has 0 atom stereocenters. The van der Waals surface area contributed by atoms with Gasteiger partial charge >= 0.3 is 0 Å². The third kappa shape index (κ3) is 8.35. The lowest BCUT2D eigenvalue weighted by Crippen LogP contribution is -2.53. The monoisotopic (exact) mass is 906 g/mol. The van der Waals surface area contributed by atoms with Crippen molar-refractivity contribution in [2.75, 3.05) is 102 Å². The van der Waals surface area contributed by atoms with Crippen molar-refractivity contribution in [3.05, 3.63) is 66.1 Å². The van der Waals surface area contributed by atoms with Gasteiger partial charge in [0.2, 0.25) is 29.0 Å². The average molecular weight is 909 g/mol. The van der Waals surface area contributed by atoms with Gasteiger partial charge in [-0.1, -0.05) is 45.7 Å². The van der Waals surface area contributed by atoms with Gasteiger partial charge in [0.1, 0.15) is 22.2 Å². The van der Waals surface area contributed by atoms with Crippen LogP contribution in [0.1, 0.15) is 26.7 Å². The minimum absolute atomic E-state index is 0.149. The van der Waals surface area contributed by atoms with Crippen LogP contribution in [0.15, 0.2) is 63.8 Å². The van der Waals surface area contributed by atoms with E-state index in [0.717, 1.165) is 59.0 Å². The van der Waals surface area contributed by atoms with E-state index in [9.17, 15) is 14.4 Å². The first kappa shape index (κ1) is 39.5. The lowest BCUT2D eigenvalue weighted by atomic mass is 10.0. The molecule has 0 spiro atoms. The first-order chi connectivity index (χ1) is 27.6. The topological polar surface area (TPSA) is 154 Å². The van der Waals surface area contributed by atoms with Gasteiger partial charge in [-0.25, -0.2) is 9.97 Å². The minimum atomic E-state index is -0.294. The number of aromatic nitrogens is 4. The van der Waals surface area contributed by atoms with Crippen LogP contribution < -0.4 is 20.9 Å². The third-order valence-electron chi connectivity index (χ3n) is 11.5. The van der Waals surface area contributed by atoms with Crippen LogP contribution in [0.4, 0.5) is 11.9 Å². The van der Waals surface area contributed by atoms with Crippen LogP contribution in [0, 0.1) is 0 Å². The summed E-state index contributed by atoms with van der Waals surface area (Å²) in [4.78, 5) is 66.1. The molecule has 0 unspecified atom stereocenters. The van der Waals surface area contributed by atoms with E-state index in [4.69, 9.17) is 13.8 Å². The second-order valence-corrected chi connectivity index (χ2v) is 16.8. The van der Waals surface area contributed by atoms with Crippen LogP contribution in [-0.4, -0.2) is 144 Å². The van der Waals surface area contributed by atoms with Gasteiger partial charge in [-0.05, 0) is 82.5 Å². The molecule has 4 aromatic heterocycles. The number of piperidine rings is 1. The molecular formula is C40H48Br2N10O5. The van der Waals surface area contributed by atoms with Crippen molar-refractivity contribution in [1.82, 2.24) is 39.5 Å². The molecule has 15 nitrogen and oxygen atoms in total. The molecular weight excluding hydrogens is 860 g/mol. The summed E-state index contributed by atoms with van der Waals surface area (Å²) >= 11 is 6.95. The second kappa shape index (κ2) is 16.9. The number of piperazine rings is 2. The quantitative estimate of drug-likeness (QED) is 0.220. The Labute approximate surface area is 346 Å². The molecule has 2 aromatic carbocycles. The second-order valence-electron chi connectivity index (χ2n) is 15.0. The van der Waals surface area contributed by atoms with Gasteiger partial charge in [0, 0.05) is 78.1 Å². The smallest absolute Gasteiger partial charge is 0.296 e. The summed E-state index contributed by atoms with van der Waals surface area (Å²) in [7, 11) is 2.20. The molecule has 0 aliphatic carbocycles. The summed E-state index contributed by atoms with van der Waals surface area (Å²) in [6.07, 6.45) is 2.49. The van der Waals surface area contributed by atoms with E-state index in [1.54, 1.807) is 0 Å². The molecule has 3 fully saturated rings. The highest BCUT2D eigenvalue weighted by Crippen LogP contribution is 2.30. The van der Waals surface area contributed by atoms with Crippen LogP contribution in [0.3, 0.4) is 0 Å². The lowest BCUT2D eigenvalue weighted by molar-refractivity contribution is -0.132.